The zero-order valence-electron chi connectivity index (χ0n) is 8.07. The van der Waals surface area contributed by atoms with E-state index in [0.29, 0.717) is 10.3 Å². The van der Waals surface area contributed by atoms with Crippen LogP contribution in [0.15, 0.2) is 35.5 Å². The molecule has 15 heavy (non-hydrogen) atoms. The third kappa shape index (κ3) is 2.30. The predicted octanol–water partition coefficient (Wildman–Crippen LogP) is 3.32. The van der Waals surface area contributed by atoms with Gasteiger partial charge in [0, 0.05) is 5.56 Å². The Labute approximate surface area is 97.7 Å². The van der Waals surface area contributed by atoms with E-state index in [1.165, 1.54) is 11.8 Å². The molecule has 0 spiro atoms. The summed E-state index contributed by atoms with van der Waals surface area (Å²) in [7, 11) is 0. The van der Waals surface area contributed by atoms with Crippen molar-refractivity contribution >= 4 is 23.4 Å². The predicted molar refractivity (Wildman–Crippen MR) is 63.1 cm³/mol. The van der Waals surface area contributed by atoms with Crippen molar-refractivity contribution in [3.63, 3.8) is 0 Å². The normalized spacial score (nSPS) is 10.3. The maximum atomic E-state index is 6.05. The summed E-state index contributed by atoms with van der Waals surface area (Å²) in [5, 5.41) is 1.08. The molecule has 1 heterocycles. The van der Waals surface area contributed by atoms with E-state index in [2.05, 4.69) is 16.2 Å². The van der Waals surface area contributed by atoms with Crippen LogP contribution in [0.1, 0.15) is 0 Å². The van der Waals surface area contributed by atoms with Gasteiger partial charge in [0.2, 0.25) is 0 Å². The van der Waals surface area contributed by atoms with Crippen molar-refractivity contribution in [2.45, 2.75) is 5.16 Å². The Bertz CT molecular complexity index is 459. The van der Waals surface area contributed by atoms with Gasteiger partial charge in [-0.05, 0) is 11.8 Å². The number of halogens is 1. The average Bonchev–Trinajstić information content (AvgIpc) is 2.30. The molecule has 0 aliphatic carbocycles. The molecule has 0 N–H and O–H groups in total. The molecule has 75 valence electrons. The third-order valence-electron chi connectivity index (χ3n) is 1.91. The molecule has 0 saturated carbocycles. The molecule has 2 aromatic rings. The van der Waals surface area contributed by atoms with Crippen molar-refractivity contribution in [3.8, 4) is 11.1 Å². The van der Waals surface area contributed by atoms with Crippen LogP contribution in [0.4, 0.5) is 0 Å². The summed E-state index contributed by atoms with van der Waals surface area (Å²) in [5.41, 5.74) is 1.73. The molecule has 0 atom stereocenters. The van der Waals surface area contributed by atoms with Gasteiger partial charge in [0.05, 0.1) is 0 Å². The largest absolute Gasteiger partial charge is 0.220 e. The Morgan fingerprint density at radius 1 is 1.27 bits per heavy atom. The molecule has 0 unspecified atom stereocenters. The second kappa shape index (κ2) is 4.64. The van der Waals surface area contributed by atoms with Crippen LogP contribution >= 0.6 is 23.4 Å². The maximum absolute atomic E-state index is 6.05. The lowest BCUT2D eigenvalue weighted by atomic mass is 10.1. The van der Waals surface area contributed by atoms with Crippen LogP contribution in [0.2, 0.25) is 5.15 Å². The summed E-state index contributed by atoms with van der Waals surface area (Å²) < 4.78 is 0. The minimum Gasteiger partial charge on any atom is -0.220 e. The number of hydrogen-bond acceptors (Lipinski definition) is 3. The van der Waals surface area contributed by atoms with Crippen LogP contribution in [0.5, 0.6) is 0 Å². The number of benzene rings is 1. The van der Waals surface area contributed by atoms with Crippen molar-refractivity contribution in [1.82, 2.24) is 9.97 Å². The van der Waals surface area contributed by atoms with E-state index < -0.39 is 0 Å². The highest BCUT2D eigenvalue weighted by Gasteiger charge is 2.06. The molecule has 0 aliphatic heterocycles. The lowest BCUT2D eigenvalue weighted by Gasteiger charge is -2.03. The fraction of sp³-hybridized carbons (Fsp3) is 0.0909. The number of hydrogen-bond donors (Lipinski definition) is 0. The third-order valence-corrected chi connectivity index (χ3v) is 2.73. The van der Waals surface area contributed by atoms with Gasteiger partial charge >= 0.3 is 0 Å². The molecule has 0 aliphatic rings. The summed E-state index contributed by atoms with van der Waals surface area (Å²) in [6, 6.07) is 9.76. The second-order valence-electron chi connectivity index (χ2n) is 2.85. The Morgan fingerprint density at radius 3 is 2.60 bits per heavy atom. The first kappa shape index (κ1) is 10.5. The van der Waals surface area contributed by atoms with Gasteiger partial charge in [0.1, 0.15) is 11.3 Å². The van der Waals surface area contributed by atoms with Crippen molar-refractivity contribution in [3.05, 3.63) is 41.7 Å². The van der Waals surface area contributed by atoms with E-state index in [0.717, 1.165) is 11.1 Å². The van der Waals surface area contributed by atoms with Gasteiger partial charge in [0.25, 0.3) is 0 Å². The van der Waals surface area contributed by atoms with Crippen LogP contribution in [0, 0.1) is 6.20 Å². The molecule has 1 radical (unpaired) electrons. The van der Waals surface area contributed by atoms with Crippen molar-refractivity contribution in [2.75, 3.05) is 6.26 Å². The molecular weight excluding hydrogens is 228 g/mol. The topological polar surface area (TPSA) is 25.8 Å². The molecule has 4 heteroatoms. The Balaban J connectivity index is 2.46. The van der Waals surface area contributed by atoms with Crippen LogP contribution in [0.3, 0.4) is 0 Å². The fourth-order valence-electron chi connectivity index (χ4n) is 1.19. The number of nitrogens with zero attached hydrogens (tertiary/aromatic N) is 2. The molecule has 2 nitrogen and oxygen atoms in total. The summed E-state index contributed by atoms with van der Waals surface area (Å²) in [6.45, 7) is 0. The van der Waals surface area contributed by atoms with Crippen LogP contribution in [-0.4, -0.2) is 16.2 Å². The standard InChI is InChI=1S/C11H8ClN2S/c1-15-11-13-7-9(10(12)14-11)8-5-3-2-4-6-8/h2-6H,1H3. The Hall–Kier alpha value is -1.06. The smallest absolute Gasteiger partial charge is 0.189 e. The van der Waals surface area contributed by atoms with E-state index in [4.69, 9.17) is 11.6 Å². The minimum atomic E-state index is 0.445. The quantitative estimate of drug-likeness (QED) is 0.454. The monoisotopic (exact) mass is 235 g/mol. The molecule has 2 rings (SSSR count). The molecule has 0 amide bonds. The Morgan fingerprint density at radius 2 is 2.00 bits per heavy atom. The first-order valence-electron chi connectivity index (χ1n) is 4.36. The van der Waals surface area contributed by atoms with E-state index in [-0.39, 0.29) is 0 Å². The molecule has 0 fully saturated rings. The lowest BCUT2D eigenvalue weighted by Crippen LogP contribution is -1.90. The molecular formula is C11H8ClN2S. The minimum absolute atomic E-state index is 0.445. The zero-order valence-corrected chi connectivity index (χ0v) is 9.64. The number of thioether (sulfide) groups is 1. The molecule has 1 aromatic carbocycles. The van der Waals surface area contributed by atoms with Crippen LogP contribution in [0.25, 0.3) is 11.1 Å². The highest BCUT2D eigenvalue weighted by molar-refractivity contribution is 7.98. The van der Waals surface area contributed by atoms with Gasteiger partial charge in [-0.1, -0.05) is 53.7 Å². The molecule has 0 saturated heterocycles. The lowest BCUT2D eigenvalue weighted by molar-refractivity contribution is 0.968. The van der Waals surface area contributed by atoms with Gasteiger partial charge in [0.15, 0.2) is 5.16 Å². The molecule has 1 aromatic heterocycles. The summed E-state index contributed by atoms with van der Waals surface area (Å²) in [4.78, 5) is 8.23. The summed E-state index contributed by atoms with van der Waals surface area (Å²) >= 11 is 7.50. The number of rotatable bonds is 2. The van der Waals surface area contributed by atoms with E-state index >= 15 is 0 Å². The first-order valence-corrected chi connectivity index (χ1v) is 5.96. The Kier molecular flexibility index (Phi) is 3.23. The van der Waals surface area contributed by atoms with Crippen molar-refractivity contribution in [1.29, 1.82) is 0 Å². The zero-order chi connectivity index (χ0) is 10.7. The molecule has 0 bridgehead atoms. The van der Waals surface area contributed by atoms with Crippen LogP contribution in [-0.2, 0) is 0 Å². The first-order chi connectivity index (χ1) is 7.31. The summed E-state index contributed by atoms with van der Waals surface area (Å²) in [6.07, 6.45) is 4.81. The maximum Gasteiger partial charge on any atom is 0.189 e. The van der Waals surface area contributed by atoms with Gasteiger partial charge in [-0.25, -0.2) is 9.97 Å². The van der Waals surface area contributed by atoms with E-state index in [1.807, 2.05) is 36.6 Å². The van der Waals surface area contributed by atoms with Gasteiger partial charge in [-0.15, -0.1) is 0 Å². The van der Waals surface area contributed by atoms with E-state index in [1.54, 1.807) is 0 Å². The number of aromatic nitrogens is 2. The van der Waals surface area contributed by atoms with E-state index in [9.17, 15) is 0 Å². The summed E-state index contributed by atoms with van der Waals surface area (Å²) in [5.74, 6) is 0. The van der Waals surface area contributed by atoms with Gasteiger partial charge in [-0.2, -0.15) is 0 Å². The van der Waals surface area contributed by atoms with Gasteiger partial charge in [-0.3, -0.25) is 0 Å². The second-order valence-corrected chi connectivity index (χ2v) is 3.99. The van der Waals surface area contributed by atoms with Gasteiger partial charge < -0.3 is 0 Å². The van der Waals surface area contributed by atoms with Crippen molar-refractivity contribution in [2.24, 2.45) is 0 Å². The SMILES string of the molecule is CSc1n[c]c(-c2ccccc2)c(Cl)n1. The highest BCUT2D eigenvalue weighted by Crippen LogP contribution is 2.25. The average molecular weight is 236 g/mol. The van der Waals surface area contributed by atoms with Crippen molar-refractivity contribution < 1.29 is 0 Å². The van der Waals surface area contributed by atoms with Crippen LogP contribution < -0.4 is 0 Å². The fourth-order valence-corrected chi connectivity index (χ4v) is 1.80. The highest BCUT2D eigenvalue weighted by atomic mass is 35.5.